The lowest BCUT2D eigenvalue weighted by Gasteiger charge is -2.15. The zero-order valence-electron chi connectivity index (χ0n) is 16.4. The molecule has 2 atom stereocenters. The van der Waals surface area contributed by atoms with Crippen molar-refractivity contribution < 1.29 is 23.8 Å². The quantitative estimate of drug-likeness (QED) is 0.469. The molecule has 1 N–H and O–H groups in total. The number of hydrogen-bond donors (Lipinski definition) is 1. The number of aliphatic carboxylic acids is 1. The third kappa shape index (κ3) is 3.68. The lowest BCUT2D eigenvalue weighted by Crippen LogP contribution is -2.22. The van der Waals surface area contributed by atoms with E-state index in [0.717, 1.165) is 5.56 Å². The molecule has 0 unspecified atom stereocenters. The van der Waals surface area contributed by atoms with Crippen molar-refractivity contribution in [3.05, 3.63) is 93.2 Å². The van der Waals surface area contributed by atoms with Gasteiger partial charge in [0.1, 0.15) is 11.2 Å². The fraction of sp³-hybridized carbons (Fsp3) is 0.167. The van der Waals surface area contributed by atoms with E-state index in [-0.39, 0.29) is 5.92 Å². The normalized spacial score (nSPS) is 19.7. The Morgan fingerprint density at radius 2 is 1.74 bits per heavy atom. The van der Waals surface area contributed by atoms with Crippen molar-refractivity contribution in [2.75, 3.05) is 7.11 Å². The average molecular weight is 459 g/mol. The molecule has 3 aromatic carbocycles. The molecule has 1 aliphatic rings. The maximum absolute atomic E-state index is 15.0. The second-order valence-corrected chi connectivity index (χ2v) is 8.28. The molecule has 0 spiro atoms. The third-order valence-corrected chi connectivity index (χ3v) is 6.53. The Bertz CT molecular complexity index is 1190. The largest absolute Gasteiger partial charge is 0.481 e. The second-order valence-electron chi connectivity index (χ2n) is 7.47. The minimum Gasteiger partial charge on any atom is -0.481 e. The molecule has 4 nitrogen and oxygen atoms in total. The van der Waals surface area contributed by atoms with Crippen LogP contribution in [0.15, 0.2) is 60.7 Å². The van der Waals surface area contributed by atoms with Crippen molar-refractivity contribution in [2.45, 2.75) is 17.8 Å². The van der Waals surface area contributed by atoms with E-state index in [1.807, 2.05) is 0 Å². The molecule has 1 saturated carbocycles. The minimum absolute atomic E-state index is 0.308. The van der Waals surface area contributed by atoms with Crippen LogP contribution in [0.5, 0.6) is 0 Å². The number of benzene rings is 3. The molecule has 1 fully saturated rings. The van der Waals surface area contributed by atoms with Gasteiger partial charge in [0.05, 0.1) is 22.7 Å². The number of carbonyl (C=O) groups excluding carboxylic acids is 1. The first-order valence-electron chi connectivity index (χ1n) is 9.45. The van der Waals surface area contributed by atoms with Crippen molar-refractivity contribution in [1.82, 2.24) is 0 Å². The van der Waals surface area contributed by atoms with E-state index in [0.29, 0.717) is 38.7 Å². The molecule has 31 heavy (non-hydrogen) atoms. The molecule has 0 radical (unpaired) electrons. The Morgan fingerprint density at radius 3 is 2.32 bits per heavy atom. The minimum atomic E-state index is -1.22. The average Bonchev–Trinajstić information content (AvgIpc) is 3.52. The smallest absolute Gasteiger partial charge is 0.337 e. The lowest BCUT2D eigenvalue weighted by atomic mass is 9.89. The summed E-state index contributed by atoms with van der Waals surface area (Å²) < 4.78 is 19.7. The Morgan fingerprint density at radius 1 is 1.03 bits per heavy atom. The van der Waals surface area contributed by atoms with Crippen molar-refractivity contribution in [2.24, 2.45) is 0 Å². The van der Waals surface area contributed by atoms with Crippen LogP contribution in [0.3, 0.4) is 0 Å². The van der Waals surface area contributed by atoms with Gasteiger partial charge in [0.2, 0.25) is 0 Å². The summed E-state index contributed by atoms with van der Waals surface area (Å²) in [6, 6.07) is 15.9. The molecule has 0 aliphatic heterocycles. The Balaban J connectivity index is 1.67. The summed E-state index contributed by atoms with van der Waals surface area (Å²) >= 11 is 12.0. The number of rotatable bonds is 5. The lowest BCUT2D eigenvalue weighted by molar-refractivity contribution is -0.140. The molecular weight excluding hydrogens is 442 g/mol. The van der Waals surface area contributed by atoms with E-state index in [1.54, 1.807) is 54.6 Å². The number of ether oxygens (including phenoxy) is 1. The Kier molecular flexibility index (Phi) is 5.50. The van der Waals surface area contributed by atoms with E-state index in [1.165, 1.54) is 13.2 Å². The molecule has 3 aromatic rings. The van der Waals surface area contributed by atoms with Crippen molar-refractivity contribution in [3.63, 3.8) is 0 Å². The summed E-state index contributed by atoms with van der Waals surface area (Å²) in [6.07, 6.45) is 0.339. The zero-order chi connectivity index (χ0) is 22.3. The van der Waals surface area contributed by atoms with Crippen LogP contribution in [-0.2, 0) is 14.9 Å². The van der Waals surface area contributed by atoms with Gasteiger partial charge >= 0.3 is 11.9 Å². The maximum atomic E-state index is 15.0. The second kappa shape index (κ2) is 7.98. The van der Waals surface area contributed by atoms with E-state index < -0.39 is 23.2 Å². The summed E-state index contributed by atoms with van der Waals surface area (Å²) in [7, 11) is 1.29. The van der Waals surface area contributed by atoms with Gasteiger partial charge in [0, 0.05) is 11.5 Å². The molecule has 1 aliphatic carbocycles. The summed E-state index contributed by atoms with van der Waals surface area (Å²) in [5.74, 6) is -2.35. The molecule has 0 amide bonds. The zero-order valence-corrected chi connectivity index (χ0v) is 17.9. The number of carboxylic acids is 1. The number of carbonyl (C=O) groups is 2. The van der Waals surface area contributed by atoms with Crippen LogP contribution >= 0.6 is 23.2 Å². The Hall–Kier alpha value is -2.89. The van der Waals surface area contributed by atoms with Gasteiger partial charge in [-0.25, -0.2) is 9.18 Å². The Labute approximate surface area is 188 Å². The van der Waals surface area contributed by atoms with Gasteiger partial charge in [-0.3, -0.25) is 4.79 Å². The third-order valence-electron chi connectivity index (χ3n) is 5.79. The van der Waals surface area contributed by atoms with Gasteiger partial charge in [-0.05, 0) is 53.4 Å². The topological polar surface area (TPSA) is 63.6 Å². The number of methoxy groups -OCH3 is 1. The molecule has 7 heteroatoms. The summed E-state index contributed by atoms with van der Waals surface area (Å²) in [4.78, 5) is 23.8. The molecule has 4 rings (SSSR count). The van der Waals surface area contributed by atoms with Gasteiger partial charge in [-0.2, -0.15) is 0 Å². The van der Waals surface area contributed by atoms with Crippen molar-refractivity contribution in [3.8, 4) is 11.1 Å². The standard InChI is InChI=1S/C24H17Cl2FO4/c1-31-22(28)14-4-2-13(3-5-14)18-12-24(18,23(29)30)16-7-8-17(21(27)11-16)15-6-9-19(25)20(26)10-15/h2-11,18H,12H2,1H3,(H,29,30)/t18-,24+/m1/s1. The number of esters is 1. The van der Waals surface area contributed by atoms with Crippen LogP contribution in [0.2, 0.25) is 10.0 Å². The van der Waals surface area contributed by atoms with Crippen molar-refractivity contribution >= 4 is 35.1 Å². The van der Waals surface area contributed by atoms with Crippen LogP contribution in [0.25, 0.3) is 11.1 Å². The first-order chi connectivity index (χ1) is 14.8. The van der Waals surface area contributed by atoms with Gasteiger partial charge in [0.25, 0.3) is 0 Å². The molecule has 0 aromatic heterocycles. The summed E-state index contributed by atoms with van der Waals surface area (Å²) in [5.41, 5.74) is 1.18. The van der Waals surface area contributed by atoms with E-state index in [2.05, 4.69) is 4.74 Å². The highest BCUT2D eigenvalue weighted by molar-refractivity contribution is 6.42. The number of carboxylic acid groups (broad SMARTS) is 1. The van der Waals surface area contributed by atoms with Crippen LogP contribution < -0.4 is 0 Å². The highest BCUT2D eigenvalue weighted by Gasteiger charge is 2.62. The highest BCUT2D eigenvalue weighted by atomic mass is 35.5. The van der Waals surface area contributed by atoms with E-state index >= 15 is 0 Å². The van der Waals surface area contributed by atoms with E-state index in [4.69, 9.17) is 23.2 Å². The van der Waals surface area contributed by atoms with Gasteiger partial charge in [0.15, 0.2) is 0 Å². The van der Waals surface area contributed by atoms with E-state index in [9.17, 15) is 19.1 Å². The summed E-state index contributed by atoms with van der Waals surface area (Å²) in [6.45, 7) is 0. The van der Waals surface area contributed by atoms with Gasteiger partial charge in [-0.15, -0.1) is 0 Å². The number of halogens is 3. The highest BCUT2D eigenvalue weighted by Crippen LogP contribution is 2.61. The first kappa shape index (κ1) is 21.3. The predicted molar refractivity (Wildman–Crippen MR) is 116 cm³/mol. The molecule has 0 saturated heterocycles. The van der Waals surface area contributed by atoms with Crippen LogP contribution in [-0.4, -0.2) is 24.2 Å². The molecule has 0 bridgehead atoms. The van der Waals surface area contributed by atoms with Crippen LogP contribution in [0, 0.1) is 5.82 Å². The number of hydrogen-bond acceptors (Lipinski definition) is 3. The monoisotopic (exact) mass is 458 g/mol. The van der Waals surface area contributed by atoms with Crippen molar-refractivity contribution in [1.29, 1.82) is 0 Å². The maximum Gasteiger partial charge on any atom is 0.337 e. The van der Waals surface area contributed by atoms with Crippen LogP contribution in [0.1, 0.15) is 33.8 Å². The van der Waals surface area contributed by atoms with Gasteiger partial charge in [-0.1, -0.05) is 53.5 Å². The SMILES string of the molecule is COC(=O)c1ccc([C@H]2C[C@]2(C(=O)O)c2ccc(-c3ccc(Cl)c(Cl)c3)c(F)c2)cc1. The molecule has 0 heterocycles. The molecular formula is C24H17Cl2FO4. The summed E-state index contributed by atoms with van der Waals surface area (Å²) in [5, 5.41) is 10.7. The molecule has 158 valence electrons. The predicted octanol–water partition coefficient (Wildman–Crippen LogP) is 6.10. The van der Waals surface area contributed by atoms with Crippen LogP contribution in [0.4, 0.5) is 4.39 Å². The fourth-order valence-corrected chi connectivity index (χ4v) is 4.30. The fourth-order valence-electron chi connectivity index (χ4n) is 4.00. The van der Waals surface area contributed by atoms with Gasteiger partial charge < -0.3 is 9.84 Å². The first-order valence-corrected chi connectivity index (χ1v) is 10.2.